The second kappa shape index (κ2) is 8.33. The van der Waals surface area contributed by atoms with E-state index >= 15 is 0 Å². The van der Waals surface area contributed by atoms with Crippen LogP contribution in [0.1, 0.15) is 29.9 Å². The summed E-state index contributed by atoms with van der Waals surface area (Å²) in [4.78, 5) is 20.8. The van der Waals surface area contributed by atoms with Crippen molar-refractivity contribution >= 4 is 27.7 Å². The summed E-state index contributed by atoms with van der Waals surface area (Å²) in [5.41, 5.74) is 6.30. The van der Waals surface area contributed by atoms with Gasteiger partial charge in [-0.25, -0.2) is 0 Å². The molecule has 0 aliphatic carbocycles. The first-order chi connectivity index (χ1) is 16.8. The molecule has 0 bridgehead atoms. The van der Waals surface area contributed by atoms with Gasteiger partial charge in [-0.1, -0.05) is 36.4 Å². The van der Waals surface area contributed by atoms with E-state index < -0.39 is 5.41 Å². The molecule has 0 saturated carbocycles. The maximum atomic E-state index is 11.8. The van der Waals surface area contributed by atoms with E-state index in [1.54, 1.807) is 19.3 Å². The van der Waals surface area contributed by atoms with Gasteiger partial charge in [-0.2, -0.15) is 10.4 Å². The third kappa shape index (κ3) is 3.79. The van der Waals surface area contributed by atoms with Crippen molar-refractivity contribution in [3.63, 3.8) is 0 Å². The van der Waals surface area contributed by atoms with Gasteiger partial charge in [0, 0.05) is 42.2 Å². The summed E-state index contributed by atoms with van der Waals surface area (Å²) < 4.78 is 1.84. The number of nitrogens with one attached hydrogen (secondary N) is 1. The van der Waals surface area contributed by atoms with Crippen molar-refractivity contribution in [3.05, 3.63) is 78.2 Å². The highest BCUT2D eigenvalue weighted by Crippen LogP contribution is 2.35. The molecule has 172 valence electrons. The lowest BCUT2D eigenvalue weighted by Crippen LogP contribution is -2.18. The number of carbonyl (C=O) groups excluding carboxylic acids is 1. The fraction of sp³-hybridized carbons (Fsp3) is 0.179. The molecule has 0 spiro atoms. The molecule has 0 saturated heterocycles. The number of carbonyl (C=O) groups is 1. The molecule has 5 aromatic rings. The lowest BCUT2D eigenvalue weighted by atomic mass is 9.86. The van der Waals surface area contributed by atoms with Gasteiger partial charge < -0.3 is 5.32 Å². The molecule has 1 amide bonds. The predicted octanol–water partition coefficient (Wildman–Crippen LogP) is 5.01. The Morgan fingerprint density at radius 1 is 0.971 bits per heavy atom. The Bertz CT molecular complexity index is 1620. The Morgan fingerprint density at radius 2 is 1.69 bits per heavy atom. The SMILES string of the molecule is CNC(=O)c1ccc(-c2ccc3ncc4c(c(-c5ccc(C(C)(C)C#N)cc5)nn4C)c3c2)cn1. The number of aryl methyl sites for hydroxylation is 1. The highest BCUT2D eigenvalue weighted by Gasteiger charge is 2.21. The number of aromatic nitrogens is 4. The van der Waals surface area contributed by atoms with Crippen LogP contribution in [-0.2, 0) is 12.5 Å². The normalized spacial score (nSPS) is 11.5. The molecule has 5 rings (SSSR count). The van der Waals surface area contributed by atoms with Crippen LogP contribution in [0.3, 0.4) is 0 Å². The smallest absolute Gasteiger partial charge is 0.269 e. The molecule has 2 aromatic carbocycles. The first-order valence-corrected chi connectivity index (χ1v) is 11.3. The Balaban J connectivity index is 1.66. The summed E-state index contributed by atoms with van der Waals surface area (Å²) in [6.45, 7) is 3.82. The molecule has 7 nitrogen and oxygen atoms in total. The summed E-state index contributed by atoms with van der Waals surface area (Å²) in [5.74, 6) is -0.217. The van der Waals surface area contributed by atoms with Crippen molar-refractivity contribution in [2.24, 2.45) is 7.05 Å². The average molecular weight is 461 g/mol. The van der Waals surface area contributed by atoms with Gasteiger partial charge in [-0.05, 0) is 43.2 Å². The first kappa shape index (κ1) is 22.2. The molecule has 3 heterocycles. The summed E-state index contributed by atoms with van der Waals surface area (Å²) >= 11 is 0. The molecule has 7 heteroatoms. The second-order valence-electron chi connectivity index (χ2n) is 9.05. The predicted molar refractivity (Wildman–Crippen MR) is 137 cm³/mol. The van der Waals surface area contributed by atoms with E-state index in [1.807, 2.05) is 74.2 Å². The number of amides is 1. The zero-order chi connectivity index (χ0) is 24.7. The minimum absolute atomic E-state index is 0.217. The number of hydrogen-bond donors (Lipinski definition) is 1. The topological polar surface area (TPSA) is 96.5 Å². The zero-order valence-electron chi connectivity index (χ0n) is 20.0. The van der Waals surface area contributed by atoms with E-state index in [0.29, 0.717) is 5.69 Å². The van der Waals surface area contributed by atoms with Gasteiger partial charge in [0.2, 0.25) is 0 Å². The minimum atomic E-state index is -0.558. The quantitative estimate of drug-likeness (QED) is 0.407. The molecule has 35 heavy (non-hydrogen) atoms. The summed E-state index contributed by atoms with van der Waals surface area (Å²) in [5, 5.41) is 18.9. The van der Waals surface area contributed by atoms with Crippen LogP contribution in [0.2, 0.25) is 0 Å². The summed E-state index contributed by atoms with van der Waals surface area (Å²) in [6.07, 6.45) is 3.56. The van der Waals surface area contributed by atoms with Crippen molar-refractivity contribution in [3.8, 4) is 28.5 Å². The molecule has 3 aromatic heterocycles. The summed E-state index contributed by atoms with van der Waals surface area (Å²) in [7, 11) is 3.50. The van der Waals surface area contributed by atoms with Crippen LogP contribution < -0.4 is 5.32 Å². The molecule has 0 unspecified atom stereocenters. The number of rotatable bonds is 4. The molecule has 0 aliphatic heterocycles. The highest BCUT2D eigenvalue weighted by atomic mass is 16.1. The number of pyridine rings is 2. The van der Waals surface area contributed by atoms with Crippen LogP contribution in [0, 0.1) is 11.3 Å². The highest BCUT2D eigenvalue weighted by molar-refractivity contribution is 6.12. The van der Waals surface area contributed by atoms with E-state index in [2.05, 4.69) is 27.4 Å². The van der Waals surface area contributed by atoms with Crippen molar-refractivity contribution in [2.45, 2.75) is 19.3 Å². The maximum absolute atomic E-state index is 11.8. The van der Waals surface area contributed by atoms with Crippen LogP contribution in [-0.4, -0.2) is 32.7 Å². The fourth-order valence-electron chi connectivity index (χ4n) is 4.25. The van der Waals surface area contributed by atoms with E-state index in [9.17, 15) is 10.1 Å². The van der Waals surface area contributed by atoms with Gasteiger partial charge in [0.25, 0.3) is 5.91 Å². The van der Waals surface area contributed by atoms with E-state index in [1.165, 1.54) is 0 Å². The second-order valence-corrected chi connectivity index (χ2v) is 9.05. The lowest BCUT2D eigenvalue weighted by Gasteiger charge is -2.15. The molecule has 0 atom stereocenters. The standard InChI is InChI=1S/C28H24N6O/c1-28(2,16-29)20-9-5-17(6-10-20)26-25-21-13-18(19-8-12-23(31-14-19)27(35)30-3)7-11-22(21)32-15-24(25)34(4)33-26/h5-15H,1-4H3,(H,30,35). The fourth-order valence-corrected chi connectivity index (χ4v) is 4.25. The van der Waals surface area contributed by atoms with Gasteiger partial charge in [-0.3, -0.25) is 19.4 Å². The Kier molecular flexibility index (Phi) is 5.29. The molecule has 0 radical (unpaired) electrons. The van der Waals surface area contributed by atoms with E-state index in [4.69, 9.17) is 5.10 Å². The Morgan fingerprint density at radius 3 is 2.34 bits per heavy atom. The molecular formula is C28H24N6O. The van der Waals surface area contributed by atoms with Gasteiger partial charge in [0.15, 0.2) is 0 Å². The largest absolute Gasteiger partial charge is 0.354 e. The number of nitrogens with zero attached hydrogens (tertiary/aromatic N) is 5. The lowest BCUT2D eigenvalue weighted by molar-refractivity contribution is 0.0958. The minimum Gasteiger partial charge on any atom is -0.354 e. The summed E-state index contributed by atoms with van der Waals surface area (Å²) in [6, 6.07) is 20.1. The first-order valence-electron chi connectivity index (χ1n) is 11.3. The molecule has 0 aliphatic rings. The van der Waals surface area contributed by atoms with Crippen LogP contribution in [0.5, 0.6) is 0 Å². The molecule has 1 N–H and O–H groups in total. The van der Waals surface area contributed by atoms with Crippen molar-refractivity contribution in [1.29, 1.82) is 5.26 Å². The third-order valence-corrected chi connectivity index (χ3v) is 6.40. The average Bonchev–Trinajstić information content (AvgIpc) is 3.24. The van der Waals surface area contributed by atoms with Gasteiger partial charge in [0.05, 0.1) is 28.7 Å². The molecule has 0 fully saturated rings. The van der Waals surface area contributed by atoms with Crippen LogP contribution in [0.15, 0.2) is 67.0 Å². The number of fused-ring (bicyclic) bond motifs is 3. The Labute approximate surface area is 203 Å². The number of hydrogen-bond acceptors (Lipinski definition) is 5. The van der Waals surface area contributed by atoms with Crippen LogP contribution in [0.25, 0.3) is 44.2 Å². The third-order valence-electron chi connectivity index (χ3n) is 6.40. The van der Waals surface area contributed by atoms with Gasteiger partial charge in [0.1, 0.15) is 11.4 Å². The van der Waals surface area contributed by atoms with Crippen LogP contribution >= 0.6 is 0 Å². The van der Waals surface area contributed by atoms with Crippen molar-refractivity contribution in [2.75, 3.05) is 7.05 Å². The van der Waals surface area contributed by atoms with E-state index in [0.717, 1.165) is 49.8 Å². The monoisotopic (exact) mass is 460 g/mol. The van der Waals surface area contributed by atoms with Crippen LogP contribution in [0.4, 0.5) is 0 Å². The van der Waals surface area contributed by atoms with Crippen molar-refractivity contribution in [1.82, 2.24) is 25.1 Å². The number of nitriles is 1. The molecular weight excluding hydrogens is 436 g/mol. The van der Waals surface area contributed by atoms with E-state index in [-0.39, 0.29) is 5.91 Å². The zero-order valence-corrected chi connectivity index (χ0v) is 20.0. The van der Waals surface area contributed by atoms with Gasteiger partial charge >= 0.3 is 0 Å². The van der Waals surface area contributed by atoms with Crippen molar-refractivity contribution < 1.29 is 4.79 Å². The van der Waals surface area contributed by atoms with Gasteiger partial charge in [-0.15, -0.1) is 0 Å². The Hall–Kier alpha value is -4.57. The number of benzene rings is 2. The maximum Gasteiger partial charge on any atom is 0.269 e.